The molecule has 74 valence electrons. The van der Waals surface area contributed by atoms with E-state index < -0.39 is 0 Å². The highest BCUT2D eigenvalue weighted by Gasteiger charge is 2.09. The molecule has 0 saturated carbocycles. The molecule has 0 aromatic carbocycles. The summed E-state index contributed by atoms with van der Waals surface area (Å²) in [7, 11) is 0. The van der Waals surface area contributed by atoms with Gasteiger partial charge < -0.3 is 0 Å². The molecular weight excluding hydrogens is 226 g/mol. The summed E-state index contributed by atoms with van der Waals surface area (Å²) in [6.07, 6.45) is 0. The van der Waals surface area contributed by atoms with Gasteiger partial charge in [0.05, 0.1) is 0 Å². The monoisotopic (exact) mass is 243 g/mol. The SMILES string of the molecule is CC(C)N(SCCS)SCCS. The zero-order valence-corrected chi connectivity index (χ0v) is 11.0. The van der Waals surface area contributed by atoms with Crippen molar-refractivity contribution in [3.8, 4) is 0 Å². The van der Waals surface area contributed by atoms with Crippen molar-refractivity contribution in [2.75, 3.05) is 23.0 Å². The van der Waals surface area contributed by atoms with Crippen LogP contribution in [0.15, 0.2) is 0 Å². The van der Waals surface area contributed by atoms with Crippen LogP contribution in [0.2, 0.25) is 0 Å². The molecule has 0 aliphatic carbocycles. The van der Waals surface area contributed by atoms with Crippen molar-refractivity contribution in [1.82, 2.24) is 3.71 Å². The second kappa shape index (κ2) is 8.94. The molecule has 0 heterocycles. The largest absolute Gasteiger partial charge is 0.192 e. The van der Waals surface area contributed by atoms with Gasteiger partial charge in [-0.05, 0) is 13.8 Å². The van der Waals surface area contributed by atoms with Gasteiger partial charge in [-0.2, -0.15) is 29.0 Å². The van der Waals surface area contributed by atoms with E-state index in [0.29, 0.717) is 6.04 Å². The molecule has 0 aromatic heterocycles. The Morgan fingerprint density at radius 2 is 1.50 bits per heavy atom. The molecule has 0 saturated heterocycles. The maximum Gasteiger partial charge on any atom is 0.0258 e. The Labute approximate surface area is 95.5 Å². The van der Waals surface area contributed by atoms with Crippen molar-refractivity contribution >= 4 is 49.2 Å². The van der Waals surface area contributed by atoms with Gasteiger partial charge in [0.1, 0.15) is 0 Å². The summed E-state index contributed by atoms with van der Waals surface area (Å²) in [6.45, 7) is 4.41. The van der Waals surface area contributed by atoms with Crippen LogP contribution in [0, 0.1) is 0 Å². The highest BCUT2D eigenvalue weighted by molar-refractivity contribution is 8.12. The van der Waals surface area contributed by atoms with E-state index >= 15 is 0 Å². The highest BCUT2D eigenvalue weighted by atomic mass is 32.2. The van der Waals surface area contributed by atoms with Gasteiger partial charge in [-0.1, -0.05) is 23.9 Å². The molecule has 12 heavy (non-hydrogen) atoms. The molecule has 0 fully saturated rings. The van der Waals surface area contributed by atoms with Crippen LogP contribution in [0.5, 0.6) is 0 Å². The number of hydrogen-bond donors (Lipinski definition) is 2. The van der Waals surface area contributed by atoms with Crippen molar-refractivity contribution in [1.29, 1.82) is 0 Å². The summed E-state index contributed by atoms with van der Waals surface area (Å²) in [5.74, 6) is 4.05. The molecular formula is C7H17NS4. The first-order valence-electron chi connectivity index (χ1n) is 3.99. The fraction of sp³-hybridized carbons (Fsp3) is 1.00. The Balaban J connectivity index is 3.55. The lowest BCUT2D eigenvalue weighted by atomic mass is 10.4. The lowest BCUT2D eigenvalue weighted by Gasteiger charge is -2.22. The Bertz CT molecular complexity index is 91.4. The minimum Gasteiger partial charge on any atom is -0.192 e. The molecule has 0 rings (SSSR count). The van der Waals surface area contributed by atoms with Crippen molar-refractivity contribution in [2.24, 2.45) is 0 Å². The zero-order valence-electron chi connectivity index (χ0n) is 7.56. The molecule has 0 aromatic rings. The highest BCUT2D eigenvalue weighted by Crippen LogP contribution is 2.24. The van der Waals surface area contributed by atoms with Crippen LogP contribution in [0.1, 0.15) is 13.8 Å². The second-order valence-electron chi connectivity index (χ2n) is 2.49. The molecule has 0 atom stereocenters. The first-order valence-corrected chi connectivity index (χ1v) is 7.14. The van der Waals surface area contributed by atoms with Crippen molar-refractivity contribution < 1.29 is 0 Å². The zero-order chi connectivity index (χ0) is 9.40. The van der Waals surface area contributed by atoms with Gasteiger partial charge in [0, 0.05) is 29.1 Å². The normalized spacial score (nSPS) is 11.5. The fourth-order valence-electron chi connectivity index (χ4n) is 0.597. The summed E-state index contributed by atoms with van der Waals surface area (Å²) < 4.78 is 2.33. The lowest BCUT2D eigenvalue weighted by Crippen LogP contribution is -2.18. The Hall–Kier alpha value is 1.36. The molecule has 0 N–H and O–H groups in total. The molecule has 0 aliphatic heterocycles. The first-order chi connectivity index (χ1) is 5.72. The number of hydrogen-bond acceptors (Lipinski definition) is 5. The van der Waals surface area contributed by atoms with Crippen LogP contribution in [-0.2, 0) is 0 Å². The van der Waals surface area contributed by atoms with E-state index in [9.17, 15) is 0 Å². The summed E-state index contributed by atoms with van der Waals surface area (Å²) in [4.78, 5) is 0. The van der Waals surface area contributed by atoms with Gasteiger partial charge in [0.2, 0.25) is 0 Å². The summed E-state index contributed by atoms with van der Waals surface area (Å²) in [5.41, 5.74) is 0. The molecule has 1 nitrogen and oxygen atoms in total. The fourth-order valence-corrected chi connectivity index (χ4v) is 2.95. The molecule has 5 heteroatoms. The van der Waals surface area contributed by atoms with E-state index in [1.807, 2.05) is 23.9 Å². The Morgan fingerprint density at radius 1 is 1.08 bits per heavy atom. The summed E-state index contributed by atoms with van der Waals surface area (Å²) in [6, 6.07) is 0.583. The van der Waals surface area contributed by atoms with Gasteiger partial charge in [0.25, 0.3) is 0 Å². The van der Waals surface area contributed by atoms with Gasteiger partial charge in [-0.3, -0.25) is 0 Å². The molecule has 0 amide bonds. The minimum absolute atomic E-state index is 0.583. The summed E-state index contributed by atoms with van der Waals surface area (Å²) >= 11 is 12.1. The quantitative estimate of drug-likeness (QED) is 0.523. The second-order valence-corrected chi connectivity index (χ2v) is 5.74. The molecule has 0 aliphatic rings. The van der Waals surface area contributed by atoms with Crippen LogP contribution in [0.4, 0.5) is 0 Å². The predicted molar refractivity (Wildman–Crippen MR) is 69.6 cm³/mol. The third kappa shape index (κ3) is 6.83. The van der Waals surface area contributed by atoms with E-state index in [4.69, 9.17) is 0 Å². The number of nitrogens with zero attached hydrogens (tertiary/aromatic N) is 1. The standard InChI is InChI=1S/C7H17NS4/c1-7(2)8(11-5-3-9)12-6-4-10/h7,9-10H,3-6H2,1-2H3. The van der Waals surface area contributed by atoms with Crippen molar-refractivity contribution in [3.63, 3.8) is 0 Å². The predicted octanol–water partition coefficient (Wildman–Crippen LogP) is 2.85. The number of rotatable bonds is 7. The molecule has 0 unspecified atom stereocenters. The minimum atomic E-state index is 0.583. The van der Waals surface area contributed by atoms with Gasteiger partial charge in [0.15, 0.2) is 0 Å². The Morgan fingerprint density at radius 3 is 1.75 bits per heavy atom. The lowest BCUT2D eigenvalue weighted by molar-refractivity contribution is 0.601. The van der Waals surface area contributed by atoms with Gasteiger partial charge in [-0.15, -0.1) is 0 Å². The van der Waals surface area contributed by atoms with E-state index in [-0.39, 0.29) is 0 Å². The average Bonchev–Trinajstić information content (AvgIpc) is 2.04. The van der Waals surface area contributed by atoms with Crippen LogP contribution < -0.4 is 0 Å². The van der Waals surface area contributed by atoms with E-state index in [0.717, 1.165) is 23.0 Å². The maximum atomic E-state index is 4.18. The van der Waals surface area contributed by atoms with Crippen LogP contribution in [-0.4, -0.2) is 32.8 Å². The van der Waals surface area contributed by atoms with Crippen molar-refractivity contribution in [3.05, 3.63) is 0 Å². The van der Waals surface area contributed by atoms with Gasteiger partial charge >= 0.3 is 0 Å². The maximum absolute atomic E-state index is 4.18. The van der Waals surface area contributed by atoms with Crippen LogP contribution in [0.3, 0.4) is 0 Å². The van der Waals surface area contributed by atoms with Crippen LogP contribution >= 0.6 is 49.2 Å². The molecule has 0 radical (unpaired) electrons. The smallest absolute Gasteiger partial charge is 0.0258 e. The third-order valence-corrected chi connectivity index (χ3v) is 4.85. The number of thiol groups is 2. The topological polar surface area (TPSA) is 3.24 Å². The van der Waals surface area contributed by atoms with Gasteiger partial charge in [-0.25, -0.2) is 0 Å². The van der Waals surface area contributed by atoms with E-state index in [1.54, 1.807) is 0 Å². The summed E-state index contributed by atoms with van der Waals surface area (Å²) in [5, 5.41) is 0. The van der Waals surface area contributed by atoms with Crippen molar-refractivity contribution in [2.45, 2.75) is 19.9 Å². The molecule has 0 bridgehead atoms. The first kappa shape index (κ1) is 13.4. The van der Waals surface area contributed by atoms with Crippen LogP contribution in [0.25, 0.3) is 0 Å². The average molecular weight is 243 g/mol. The van der Waals surface area contributed by atoms with E-state index in [2.05, 4.69) is 42.8 Å². The Kier molecular flexibility index (Phi) is 9.95. The third-order valence-electron chi connectivity index (χ3n) is 1.04. The van der Waals surface area contributed by atoms with E-state index in [1.165, 1.54) is 0 Å². The molecule has 0 spiro atoms.